The summed E-state index contributed by atoms with van der Waals surface area (Å²) in [5, 5.41) is 5.63. The summed E-state index contributed by atoms with van der Waals surface area (Å²) < 4.78 is 12.0. The van der Waals surface area contributed by atoms with Crippen molar-refractivity contribution in [2.75, 3.05) is 25.1 Å². The molecule has 1 fully saturated rings. The van der Waals surface area contributed by atoms with E-state index in [1.807, 2.05) is 19.1 Å². The Morgan fingerprint density at radius 1 is 1.21 bits per heavy atom. The average Bonchev–Trinajstić information content (AvgIpc) is 3.21. The maximum atomic E-state index is 12.2. The molecule has 0 aliphatic carbocycles. The number of halogens is 1. The van der Waals surface area contributed by atoms with Crippen LogP contribution in [0, 0.1) is 6.92 Å². The first-order chi connectivity index (χ1) is 13.5. The number of ether oxygens (including phenoxy) is 2. The predicted molar refractivity (Wildman–Crippen MR) is 111 cm³/mol. The van der Waals surface area contributed by atoms with Gasteiger partial charge in [0.05, 0.1) is 6.10 Å². The molecule has 1 unspecified atom stereocenters. The molecule has 1 heterocycles. The number of hydrogen-bond donors (Lipinski definition) is 2. The van der Waals surface area contributed by atoms with Crippen molar-refractivity contribution in [1.29, 1.82) is 0 Å². The molecule has 2 amide bonds. The molecule has 0 bridgehead atoms. The van der Waals surface area contributed by atoms with Crippen LogP contribution in [0.3, 0.4) is 0 Å². The Kier molecular flexibility index (Phi) is 7.06. The molecule has 6 nitrogen and oxygen atoms in total. The lowest BCUT2D eigenvalue weighted by Crippen LogP contribution is -2.31. The van der Waals surface area contributed by atoms with E-state index in [-0.39, 0.29) is 24.5 Å². The third-order valence-electron chi connectivity index (χ3n) is 4.44. The van der Waals surface area contributed by atoms with Gasteiger partial charge in [-0.15, -0.1) is 0 Å². The molecule has 1 aliphatic heterocycles. The molecule has 0 aromatic heterocycles. The summed E-state index contributed by atoms with van der Waals surface area (Å²) in [6, 6.07) is 12.3. The highest BCUT2D eigenvalue weighted by Gasteiger charge is 2.16. The summed E-state index contributed by atoms with van der Waals surface area (Å²) >= 11 is 3.43. The van der Waals surface area contributed by atoms with Crippen molar-refractivity contribution in [3.8, 4) is 5.75 Å². The Morgan fingerprint density at radius 3 is 2.68 bits per heavy atom. The maximum absolute atomic E-state index is 12.2. The van der Waals surface area contributed by atoms with Gasteiger partial charge in [0.2, 0.25) is 0 Å². The second kappa shape index (κ2) is 9.71. The summed E-state index contributed by atoms with van der Waals surface area (Å²) in [5.74, 6) is 0.215. The van der Waals surface area contributed by atoms with Crippen molar-refractivity contribution >= 4 is 33.4 Å². The van der Waals surface area contributed by atoms with Crippen LogP contribution < -0.4 is 15.4 Å². The number of nitrogens with one attached hydrogen (secondary N) is 2. The molecule has 28 heavy (non-hydrogen) atoms. The lowest BCUT2D eigenvalue weighted by Gasteiger charge is -2.11. The first-order valence-corrected chi connectivity index (χ1v) is 9.99. The first kappa shape index (κ1) is 20.4. The van der Waals surface area contributed by atoms with E-state index < -0.39 is 0 Å². The van der Waals surface area contributed by atoms with Gasteiger partial charge >= 0.3 is 0 Å². The van der Waals surface area contributed by atoms with Crippen LogP contribution in [0.5, 0.6) is 5.75 Å². The van der Waals surface area contributed by atoms with Gasteiger partial charge in [0, 0.05) is 28.9 Å². The van der Waals surface area contributed by atoms with Crippen molar-refractivity contribution in [2.45, 2.75) is 25.9 Å². The lowest BCUT2D eigenvalue weighted by atomic mass is 10.2. The summed E-state index contributed by atoms with van der Waals surface area (Å²) in [6.07, 6.45) is 2.13. The Bertz CT molecular complexity index is 833. The Morgan fingerprint density at radius 2 is 2.00 bits per heavy atom. The minimum atomic E-state index is -0.267. The minimum absolute atomic E-state index is 0.0926. The zero-order valence-corrected chi connectivity index (χ0v) is 17.3. The van der Waals surface area contributed by atoms with E-state index in [9.17, 15) is 9.59 Å². The molecule has 3 rings (SSSR count). The average molecular weight is 447 g/mol. The Hall–Kier alpha value is -2.38. The van der Waals surface area contributed by atoms with Gasteiger partial charge in [-0.1, -0.05) is 15.9 Å². The smallest absolute Gasteiger partial charge is 0.262 e. The number of aryl methyl sites for hydroxylation is 1. The summed E-state index contributed by atoms with van der Waals surface area (Å²) in [5.41, 5.74) is 2.18. The second-order valence-corrected chi connectivity index (χ2v) is 7.52. The third-order valence-corrected chi connectivity index (χ3v) is 5.33. The van der Waals surface area contributed by atoms with Gasteiger partial charge in [-0.3, -0.25) is 9.59 Å². The molecule has 2 aromatic rings. The van der Waals surface area contributed by atoms with Crippen LogP contribution in [0.2, 0.25) is 0 Å². The lowest BCUT2D eigenvalue weighted by molar-refractivity contribution is -0.118. The van der Waals surface area contributed by atoms with Crippen LogP contribution in [0.25, 0.3) is 0 Å². The van der Waals surface area contributed by atoms with Crippen LogP contribution in [0.4, 0.5) is 5.69 Å². The number of carbonyl (C=O) groups excluding carboxylic acids is 2. The van der Waals surface area contributed by atoms with Gasteiger partial charge < -0.3 is 20.1 Å². The van der Waals surface area contributed by atoms with E-state index in [0.717, 1.165) is 29.5 Å². The third kappa shape index (κ3) is 5.81. The monoisotopic (exact) mass is 446 g/mol. The Balaban J connectivity index is 1.45. The summed E-state index contributed by atoms with van der Waals surface area (Å²) in [6.45, 7) is 3.14. The summed E-state index contributed by atoms with van der Waals surface area (Å²) in [7, 11) is 0. The fourth-order valence-electron chi connectivity index (χ4n) is 2.87. The van der Waals surface area contributed by atoms with Crippen molar-refractivity contribution in [3.63, 3.8) is 0 Å². The quantitative estimate of drug-likeness (QED) is 0.679. The molecule has 2 aromatic carbocycles. The number of benzene rings is 2. The highest BCUT2D eigenvalue weighted by molar-refractivity contribution is 9.10. The number of amides is 2. The molecular weight excluding hydrogens is 424 g/mol. The molecule has 7 heteroatoms. The van der Waals surface area contributed by atoms with Gasteiger partial charge in [-0.25, -0.2) is 0 Å². The van der Waals surface area contributed by atoms with Crippen molar-refractivity contribution < 1.29 is 19.1 Å². The van der Waals surface area contributed by atoms with Crippen LogP contribution in [0.15, 0.2) is 46.9 Å². The standard InChI is InChI=1S/C21H23BrN2O4/c1-14-11-17(8-9-19(14)22)28-13-20(25)24-16-6-4-15(5-7-16)21(26)23-12-18-3-2-10-27-18/h4-9,11,18H,2-3,10,12-13H2,1H3,(H,23,26)(H,24,25). The van der Waals surface area contributed by atoms with Gasteiger partial charge in [-0.2, -0.15) is 0 Å². The molecule has 0 radical (unpaired) electrons. The fourth-order valence-corrected chi connectivity index (χ4v) is 3.12. The van der Waals surface area contributed by atoms with Crippen LogP contribution >= 0.6 is 15.9 Å². The van der Waals surface area contributed by atoms with Crippen LogP contribution in [-0.4, -0.2) is 37.7 Å². The number of hydrogen-bond acceptors (Lipinski definition) is 4. The van der Waals surface area contributed by atoms with Crippen molar-refractivity contribution in [2.24, 2.45) is 0 Å². The van der Waals surface area contributed by atoms with Gasteiger partial charge in [0.15, 0.2) is 6.61 Å². The number of rotatable bonds is 7. The normalized spacial score (nSPS) is 15.9. The molecule has 2 N–H and O–H groups in total. The molecule has 1 saturated heterocycles. The van der Waals surface area contributed by atoms with Crippen molar-refractivity contribution in [3.05, 3.63) is 58.1 Å². The second-order valence-electron chi connectivity index (χ2n) is 6.67. The number of anilines is 1. The van der Waals surface area contributed by atoms with Gasteiger partial charge in [-0.05, 0) is 67.8 Å². The SMILES string of the molecule is Cc1cc(OCC(=O)Nc2ccc(C(=O)NCC3CCCO3)cc2)ccc1Br. The maximum Gasteiger partial charge on any atom is 0.262 e. The Labute approximate surface area is 172 Å². The van der Waals surface area contributed by atoms with E-state index in [0.29, 0.717) is 23.5 Å². The van der Waals surface area contributed by atoms with E-state index in [4.69, 9.17) is 9.47 Å². The predicted octanol–water partition coefficient (Wildman–Crippen LogP) is 3.68. The highest BCUT2D eigenvalue weighted by atomic mass is 79.9. The van der Waals surface area contributed by atoms with Gasteiger partial charge in [0.25, 0.3) is 11.8 Å². The van der Waals surface area contributed by atoms with E-state index in [1.54, 1.807) is 30.3 Å². The fraction of sp³-hybridized carbons (Fsp3) is 0.333. The van der Waals surface area contributed by atoms with Crippen LogP contribution in [0.1, 0.15) is 28.8 Å². The zero-order valence-electron chi connectivity index (χ0n) is 15.7. The highest BCUT2D eigenvalue weighted by Crippen LogP contribution is 2.21. The van der Waals surface area contributed by atoms with E-state index in [1.165, 1.54) is 0 Å². The zero-order chi connectivity index (χ0) is 19.9. The molecule has 0 saturated carbocycles. The van der Waals surface area contributed by atoms with E-state index >= 15 is 0 Å². The summed E-state index contributed by atoms with van der Waals surface area (Å²) in [4.78, 5) is 24.2. The first-order valence-electron chi connectivity index (χ1n) is 9.20. The molecule has 148 valence electrons. The topological polar surface area (TPSA) is 76.7 Å². The van der Waals surface area contributed by atoms with Crippen LogP contribution in [-0.2, 0) is 9.53 Å². The largest absolute Gasteiger partial charge is 0.484 e. The molecule has 1 atom stereocenters. The van der Waals surface area contributed by atoms with Gasteiger partial charge in [0.1, 0.15) is 5.75 Å². The minimum Gasteiger partial charge on any atom is -0.484 e. The molecule has 0 spiro atoms. The van der Waals surface area contributed by atoms with E-state index in [2.05, 4.69) is 26.6 Å². The molecular formula is C21H23BrN2O4. The van der Waals surface area contributed by atoms with Crippen molar-refractivity contribution in [1.82, 2.24) is 5.32 Å². The molecule has 1 aliphatic rings. The number of carbonyl (C=O) groups is 2.